The van der Waals surface area contributed by atoms with Crippen LogP contribution in [0.4, 0.5) is 24.1 Å². The first-order chi connectivity index (χ1) is 39.5. The van der Waals surface area contributed by atoms with Crippen LogP contribution in [0.3, 0.4) is 0 Å². The number of alkyl carbamates (subject to hydrolysis) is 1. The maximum atomic E-state index is 17.9. The van der Waals surface area contributed by atoms with Gasteiger partial charge >= 0.3 is 12.1 Å². The number of carbonyl (C=O) groups excluding carboxylic acids is 8. The molecule has 0 spiro atoms. The maximum Gasteiger partial charge on any atom is 0.407 e. The van der Waals surface area contributed by atoms with Crippen molar-refractivity contribution in [2.24, 2.45) is 40.1 Å². The molecule has 83 heavy (non-hydrogen) atoms. The van der Waals surface area contributed by atoms with E-state index < -0.39 is 131 Å². The molecule has 1 aromatic rings. The molecule has 7 amide bonds. The molecule has 4 fully saturated rings. The first-order valence-corrected chi connectivity index (χ1v) is 29.5. The highest BCUT2D eigenvalue weighted by atomic mass is 19.1. The van der Waals surface area contributed by atoms with Crippen LogP contribution in [0, 0.1) is 28.6 Å². The van der Waals surface area contributed by atoms with Gasteiger partial charge in [0.2, 0.25) is 23.6 Å². The van der Waals surface area contributed by atoms with Gasteiger partial charge in [-0.15, -0.1) is 0 Å². The third-order valence-electron chi connectivity index (χ3n) is 17.9. The Morgan fingerprint density at radius 2 is 1.65 bits per heavy atom. The largest absolute Gasteiger partial charge is 0.445 e. The zero-order chi connectivity index (χ0) is 60.3. The van der Waals surface area contributed by atoms with Crippen molar-refractivity contribution in [3.05, 3.63) is 65.8 Å². The molecule has 11 N–H and O–H groups in total. The zero-order valence-electron chi connectivity index (χ0n) is 48.4. The molecule has 458 valence electrons. The summed E-state index contributed by atoms with van der Waals surface area (Å²) >= 11 is 0. The van der Waals surface area contributed by atoms with Gasteiger partial charge in [-0.05, 0) is 131 Å². The molecule has 0 aromatic heterocycles. The van der Waals surface area contributed by atoms with Crippen molar-refractivity contribution in [2.75, 3.05) is 31.6 Å². The van der Waals surface area contributed by atoms with Crippen LogP contribution in [0.2, 0.25) is 0 Å². The number of aliphatic hydroxyl groups is 1. The number of nitrogens with one attached hydrogen (secondary N) is 6. The standard InChI is InChI=1S/C60H86F2N8O13/c1-6-15-50-82-48-30-40-41-29-43(61)42-28-38(71)24-25-57(42,4)59(41,62)46(72)31-58(40,5)60(48,83-50)47(73)32-67-56(79)81-33-36-20-22-37(23-21-36)68-53(76)45(19-14-27-66-55(64)78)69-54(77)51(35(2)3)70-52(75)44(63)18-12-13-26-65-49(74)34-80-39-16-10-8-7-9-11-17-39/h10,16,20-25,28,35,39-41,43-46,48,50-51,72H,6-9,11-15,17-19,26-27,29-34,63H2,1-5H3,(H,65,74)(H,67,79)(H,68,76)(H,69,77)(H,70,75)(H3,64,66,78)/b16-10-/t39?,40-,41-,43-,44-,45-,46-,48+,50?,51-,57-,58-,59-,60+/m0/s1. The minimum Gasteiger partial charge on any atom is -0.445 e. The highest BCUT2D eigenvalue weighted by Crippen LogP contribution is 2.72. The molecule has 0 radical (unpaired) electrons. The molecule has 1 aromatic carbocycles. The number of halogens is 2. The Kier molecular flexibility index (Phi) is 21.9. The average Bonchev–Trinajstić information content (AvgIpc) is 1.63. The van der Waals surface area contributed by atoms with Crippen LogP contribution in [0.1, 0.15) is 136 Å². The smallest absolute Gasteiger partial charge is 0.407 e. The second-order valence-electron chi connectivity index (χ2n) is 23.9. The van der Waals surface area contributed by atoms with Crippen LogP contribution in [-0.4, -0.2) is 139 Å². The Morgan fingerprint density at radius 3 is 2.37 bits per heavy atom. The topological polar surface area (TPSA) is 318 Å². The molecule has 7 rings (SSSR count). The number of Topliss-reactive ketones (excluding diaryl/α,β-unsaturated/α-hetero) is 1. The summed E-state index contributed by atoms with van der Waals surface area (Å²) in [5.41, 5.74) is 5.29. The van der Waals surface area contributed by atoms with Crippen molar-refractivity contribution in [3.63, 3.8) is 0 Å². The molecule has 21 nitrogen and oxygen atoms in total. The number of fused-ring (bicyclic) bond motifs is 7. The van der Waals surface area contributed by atoms with Crippen molar-refractivity contribution in [1.29, 1.82) is 0 Å². The minimum absolute atomic E-state index is 0.0147. The van der Waals surface area contributed by atoms with Crippen LogP contribution in [-0.2, 0) is 54.3 Å². The number of benzene rings is 1. The van der Waals surface area contributed by atoms with Crippen molar-refractivity contribution in [1.82, 2.24) is 26.6 Å². The first kappa shape index (κ1) is 64.4. The van der Waals surface area contributed by atoms with Crippen molar-refractivity contribution >= 4 is 53.0 Å². The number of aliphatic hydroxyl groups excluding tert-OH is 1. The van der Waals surface area contributed by atoms with Crippen LogP contribution in [0.15, 0.2) is 60.2 Å². The lowest BCUT2D eigenvalue weighted by Gasteiger charge is -2.63. The van der Waals surface area contributed by atoms with E-state index in [1.165, 1.54) is 19.1 Å². The average molecular weight is 1170 g/mol. The first-order valence-electron chi connectivity index (χ1n) is 29.5. The lowest BCUT2D eigenvalue weighted by molar-refractivity contribution is -0.233. The van der Waals surface area contributed by atoms with E-state index in [4.69, 9.17) is 30.4 Å². The Morgan fingerprint density at radius 1 is 0.904 bits per heavy atom. The quantitative estimate of drug-likeness (QED) is 0.0424. The fourth-order valence-electron chi connectivity index (χ4n) is 13.5. The molecular formula is C60H86F2N8O13. The third-order valence-corrected chi connectivity index (χ3v) is 17.9. The summed E-state index contributed by atoms with van der Waals surface area (Å²) in [7, 11) is 0. The van der Waals surface area contributed by atoms with E-state index in [2.05, 4.69) is 38.0 Å². The number of anilines is 1. The number of urea groups is 1. The third kappa shape index (κ3) is 14.5. The number of hydrogen-bond donors (Lipinski definition) is 9. The lowest BCUT2D eigenvalue weighted by atomic mass is 9.44. The molecule has 1 aliphatic heterocycles. The van der Waals surface area contributed by atoms with Crippen LogP contribution < -0.4 is 43.4 Å². The number of ketones is 2. The number of ether oxygens (including phenoxy) is 4. The number of carbonyl (C=O) groups is 8. The summed E-state index contributed by atoms with van der Waals surface area (Å²) < 4.78 is 58.2. The van der Waals surface area contributed by atoms with Gasteiger partial charge in [0.05, 0.1) is 30.9 Å². The van der Waals surface area contributed by atoms with Gasteiger partial charge in [-0.2, -0.15) is 0 Å². The summed E-state index contributed by atoms with van der Waals surface area (Å²) in [6.45, 7) is 8.26. The van der Waals surface area contributed by atoms with Gasteiger partial charge in [-0.25, -0.2) is 18.4 Å². The highest BCUT2D eigenvalue weighted by molar-refractivity contribution is 6.01. The predicted molar refractivity (Wildman–Crippen MR) is 302 cm³/mol. The molecule has 5 aliphatic carbocycles. The second-order valence-corrected chi connectivity index (χ2v) is 23.9. The van der Waals surface area contributed by atoms with Gasteiger partial charge in [-0.3, -0.25) is 28.8 Å². The predicted octanol–water partition coefficient (Wildman–Crippen LogP) is 5.22. The molecule has 14 atom stereocenters. The zero-order valence-corrected chi connectivity index (χ0v) is 48.4. The Balaban J connectivity index is 0.897. The SMILES string of the molecule is CCCC1O[C@@H]2C[C@H]3[C@@H]4C[C@H](F)C5=CC(=O)C=C[C@]5(C)[C@@]4(F)[C@@H](O)C[C@]3(C)[C@]2(C(=O)CNC(=O)OCc2ccc(NC(=O)[C@H](CCCNC(N)=O)NC(=O)[C@@H](NC(=O)[C@@H](N)CCCCNC(=O)COC3/C=C\CCCCC3)C(C)C)cc2)O1. The summed E-state index contributed by atoms with van der Waals surface area (Å²) in [6.07, 6.45) is 9.33. The highest BCUT2D eigenvalue weighted by Gasteiger charge is 2.80. The van der Waals surface area contributed by atoms with E-state index >= 15 is 8.78 Å². The number of primary amides is 1. The number of nitrogens with two attached hydrogens (primary N) is 2. The minimum atomic E-state index is -2.38. The van der Waals surface area contributed by atoms with Gasteiger partial charge < -0.3 is 67.4 Å². The molecule has 2 unspecified atom stereocenters. The van der Waals surface area contributed by atoms with Crippen LogP contribution in [0.25, 0.3) is 0 Å². The van der Waals surface area contributed by atoms with E-state index in [-0.39, 0.29) is 75.9 Å². The van der Waals surface area contributed by atoms with Gasteiger partial charge in [0, 0.05) is 35.5 Å². The number of rotatable bonds is 26. The summed E-state index contributed by atoms with van der Waals surface area (Å²) in [4.78, 5) is 105. The molecule has 6 aliphatic rings. The van der Waals surface area contributed by atoms with E-state index in [9.17, 15) is 43.5 Å². The number of hydrogen-bond acceptors (Lipinski definition) is 14. The number of allylic oxidation sites excluding steroid dienone is 5. The van der Waals surface area contributed by atoms with Crippen LogP contribution >= 0.6 is 0 Å². The van der Waals surface area contributed by atoms with Gasteiger partial charge in [0.25, 0.3) is 0 Å². The molecular weight excluding hydrogens is 1080 g/mol. The van der Waals surface area contributed by atoms with E-state index in [1.807, 2.05) is 13.0 Å². The van der Waals surface area contributed by atoms with Crippen molar-refractivity contribution in [2.45, 2.75) is 198 Å². The van der Waals surface area contributed by atoms with Crippen molar-refractivity contribution < 1.29 is 71.2 Å². The van der Waals surface area contributed by atoms with E-state index in [1.54, 1.807) is 45.0 Å². The van der Waals surface area contributed by atoms with E-state index in [0.29, 0.717) is 43.5 Å². The number of alkyl halides is 2. The Hall–Kier alpha value is -6.14. The summed E-state index contributed by atoms with van der Waals surface area (Å²) in [5, 5.41) is 28.0. The summed E-state index contributed by atoms with van der Waals surface area (Å²) in [5.74, 6) is -5.24. The van der Waals surface area contributed by atoms with Crippen molar-refractivity contribution in [3.8, 4) is 0 Å². The fourth-order valence-corrected chi connectivity index (χ4v) is 13.5. The van der Waals surface area contributed by atoms with Crippen LogP contribution in [0.5, 0.6) is 0 Å². The lowest BCUT2D eigenvalue weighted by Crippen LogP contribution is -2.71. The normalized spacial score (nSPS) is 31.2. The second kappa shape index (κ2) is 28.2. The number of unbranched alkanes of at least 4 members (excludes halogenated alkanes) is 1. The maximum absolute atomic E-state index is 17.9. The molecule has 3 saturated carbocycles. The Bertz CT molecular complexity index is 2620. The molecule has 0 bridgehead atoms. The molecule has 1 heterocycles. The summed E-state index contributed by atoms with van der Waals surface area (Å²) in [6, 6.07) is 2.35. The monoisotopic (exact) mass is 1160 g/mol. The van der Waals surface area contributed by atoms with Gasteiger partial charge in [0.1, 0.15) is 31.5 Å². The van der Waals surface area contributed by atoms with E-state index in [0.717, 1.165) is 38.2 Å². The number of amides is 7. The fraction of sp³-hybridized carbons (Fsp3) is 0.667. The van der Waals surface area contributed by atoms with Gasteiger partial charge in [-0.1, -0.05) is 77.3 Å². The molecule has 1 saturated heterocycles. The molecule has 23 heteroatoms. The van der Waals surface area contributed by atoms with Gasteiger partial charge in [0.15, 0.2) is 29.1 Å². The Labute approximate surface area is 484 Å².